The summed E-state index contributed by atoms with van der Waals surface area (Å²) in [5.41, 5.74) is 7.59. The van der Waals surface area contributed by atoms with Crippen molar-refractivity contribution >= 4 is 5.91 Å². The summed E-state index contributed by atoms with van der Waals surface area (Å²) < 4.78 is 18.3. The minimum Gasteiger partial charge on any atom is -0.378 e. The van der Waals surface area contributed by atoms with Crippen LogP contribution < -0.4 is 5.73 Å². The Labute approximate surface area is 118 Å². The molecule has 1 saturated heterocycles. The van der Waals surface area contributed by atoms with Crippen molar-refractivity contribution in [1.29, 1.82) is 0 Å². The summed E-state index contributed by atoms with van der Waals surface area (Å²) in [6, 6.07) is 4.65. The second kappa shape index (κ2) is 6.81. The Morgan fingerprint density at radius 3 is 2.75 bits per heavy atom. The van der Waals surface area contributed by atoms with Crippen molar-refractivity contribution in [3.8, 4) is 0 Å². The van der Waals surface area contributed by atoms with E-state index in [0.717, 1.165) is 11.1 Å². The van der Waals surface area contributed by atoms with Crippen LogP contribution in [0.25, 0.3) is 0 Å². The average molecular weight is 280 g/mol. The fourth-order valence-electron chi connectivity index (χ4n) is 2.47. The molecule has 1 aromatic carbocycles. The lowest BCUT2D eigenvalue weighted by Gasteiger charge is -2.30. The maximum Gasteiger partial charge on any atom is 0.227 e. The predicted molar refractivity (Wildman–Crippen MR) is 74.8 cm³/mol. The average Bonchev–Trinajstić information content (AvgIpc) is 2.47. The predicted octanol–water partition coefficient (Wildman–Crippen LogP) is 1.11. The lowest BCUT2D eigenvalue weighted by Crippen LogP contribution is -2.46. The molecule has 110 valence electrons. The fourth-order valence-corrected chi connectivity index (χ4v) is 2.47. The molecule has 1 aliphatic heterocycles. The smallest absolute Gasteiger partial charge is 0.227 e. The molecule has 0 radical (unpaired) electrons. The molecular formula is C15H21FN2O2. The van der Waals surface area contributed by atoms with Gasteiger partial charge in [0.15, 0.2) is 0 Å². The number of hydrogen-bond donors (Lipinski definition) is 1. The van der Waals surface area contributed by atoms with E-state index in [1.54, 1.807) is 11.0 Å². The van der Waals surface area contributed by atoms with Crippen molar-refractivity contribution in [3.63, 3.8) is 0 Å². The van der Waals surface area contributed by atoms with Crippen molar-refractivity contribution < 1.29 is 13.9 Å². The number of amides is 1. The van der Waals surface area contributed by atoms with Gasteiger partial charge in [-0.05, 0) is 36.6 Å². The lowest BCUT2D eigenvalue weighted by atomic mass is 9.94. The van der Waals surface area contributed by atoms with Crippen LogP contribution in [0.2, 0.25) is 0 Å². The third-order valence-electron chi connectivity index (χ3n) is 3.73. The van der Waals surface area contributed by atoms with Crippen molar-refractivity contribution in [1.82, 2.24) is 4.90 Å². The number of rotatable bonds is 4. The number of nitrogens with two attached hydrogens (primary N) is 1. The second-order valence-electron chi connectivity index (χ2n) is 5.15. The van der Waals surface area contributed by atoms with Crippen LogP contribution in [0.15, 0.2) is 18.2 Å². The summed E-state index contributed by atoms with van der Waals surface area (Å²) in [5, 5.41) is 0. The lowest BCUT2D eigenvalue weighted by molar-refractivity contribution is -0.139. The van der Waals surface area contributed by atoms with Crippen LogP contribution >= 0.6 is 0 Å². The molecule has 20 heavy (non-hydrogen) atoms. The van der Waals surface area contributed by atoms with E-state index < -0.39 is 0 Å². The van der Waals surface area contributed by atoms with Crippen LogP contribution in [0.4, 0.5) is 4.39 Å². The first-order valence-electron chi connectivity index (χ1n) is 6.93. The summed E-state index contributed by atoms with van der Waals surface area (Å²) in [7, 11) is 0. The molecular weight excluding hydrogens is 259 g/mol. The Morgan fingerprint density at radius 1 is 1.45 bits per heavy atom. The van der Waals surface area contributed by atoms with Gasteiger partial charge in [-0.25, -0.2) is 4.39 Å². The van der Waals surface area contributed by atoms with Crippen LogP contribution in [0, 0.1) is 18.7 Å². The van der Waals surface area contributed by atoms with E-state index in [1.165, 1.54) is 12.1 Å². The van der Waals surface area contributed by atoms with E-state index in [0.29, 0.717) is 39.3 Å². The van der Waals surface area contributed by atoms with Gasteiger partial charge in [0.2, 0.25) is 5.91 Å². The second-order valence-corrected chi connectivity index (χ2v) is 5.15. The number of hydrogen-bond acceptors (Lipinski definition) is 3. The van der Waals surface area contributed by atoms with Gasteiger partial charge >= 0.3 is 0 Å². The molecule has 1 aromatic rings. The number of benzene rings is 1. The molecule has 5 heteroatoms. The van der Waals surface area contributed by atoms with E-state index in [-0.39, 0.29) is 17.6 Å². The fraction of sp³-hybridized carbons (Fsp3) is 0.533. The molecule has 0 aliphatic carbocycles. The van der Waals surface area contributed by atoms with Crippen molar-refractivity contribution in [2.45, 2.75) is 13.3 Å². The number of halogens is 1. The van der Waals surface area contributed by atoms with Gasteiger partial charge in [0.1, 0.15) is 5.82 Å². The molecule has 0 saturated carbocycles. The van der Waals surface area contributed by atoms with Crippen LogP contribution in [0.3, 0.4) is 0 Å². The number of aryl methyl sites for hydroxylation is 1. The highest BCUT2D eigenvalue weighted by molar-refractivity contribution is 5.79. The first-order chi connectivity index (χ1) is 9.61. The molecule has 2 rings (SSSR count). The van der Waals surface area contributed by atoms with Gasteiger partial charge in [0.25, 0.3) is 0 Å². The van der Waals surface area contributed by atoms with Crippen LogP contribution in [0.1, 0.15) is 11.1 Å². The standard InChI is InChI=1S/C15H21FN2O2/c1-11-8-14(16)3-2-12(11)9-13(10-17)15(19)18-4-6-20-7-5-18/h2-3,8,13H,4-7,9-10,17H2,1H3. The summed E-state index contributed by atoms with van der Waals surface area (Å²) in [5.74, 6) is -0.438. The topological polar surface area (TPSA) is 55.6 Å². The molecule has 1 atom stereocenters. The molecule has 1 heterocycles. The Kier molecular flexibility index (Phi) is 5.09. The molecule has 0 bridgehead atoms. The van der Waals surface area contributed by atoms with Crippen molar-refractivity contribution in [3.05, 3.63) is 35.1 Å². The number of ether oxygens (including phenoxy) is 1. The highest BCUT2D eigenvalue weighted by Gasteiger charge is 2.25. The zero-order chi connectivity index (χ0) is 14.5. The summed E-state index contributed by atoms with van der Waals surface area (Å²) in [6.45, 7) is 4.56. The van der Waals surface area contributed by atoms with E-state index in [2.05, 4.69) is 0 Å². The minimum atomic E-state index is -0.255. The molecule has 0 spiro atoms. The number of morpholine rings is 1. The molecule has 0 aromatic heterocycles. The van der Waals surface area contributed by atoms with Crippen LogP contribution in [-0.4, -0.2) is 43.7 Å². The summed E-state index contributed by atoms with van der Waals surface area (Å²) in [4.78, 5) is 14.2. The maximum absolute atomic E-state index is 13.1. The number of carbonyl (C=O) groups is 1. The van der Waals surface area contributed by atoms with Crippen LogP contribution in [-0.2, 0) is 16.0 Å². The zero-order valence-corrected chi connectivity index (χ0v) is 11.8. The Bertz CT molecular complexity index is 473. The van der Waals surface area contributed by atoms with E-state index >= 15 is 0 Å². The third-order valence-corrected chi connectivity index (χ3v) is 3.73. The number of nitrogens with zero attached hydrogens (tertiary/aromatic N) is 1. The number of carbonyl (C=O) groups excluding carboxylic acids is 1. The first-order valence-corrected chi connectivity index (χ1v) is 6.93. The van der Waals surface area contributed by atoms with Gasteiger partial charge in [-0.1, -0.05) is 6.07 Å². The molecule has 4 nitrogen and oxygen atoms in total. The Balaban J connectivity index is 2.05. The molecule has 1 aliphatic rings. The maximum atomic E-state index is 13.1. The highest BCUT2D eigenvalue weighted by Crippen LogP contribution is 2.17. The van der Waals surface area contributed by atoms with Gasteiger partial charge in [-0.3, -0.25) is 4.79 Å². The monoisotopic (exact) mass is 280 g/mol. The molecule has 1 amide bonds. The zero-order valence-electron chi connectivity index (χ0n) is 11.8. The molecule has 1 fully saturated rings. The van der Waals surface area contributed by atoms with Gasteiger partial charge in [0.05, 0.1) is 19.1 Å². The van der Waals surface area contributed by atoms with Gasteiger partial charge in [-0.2, -0.15) is 0 Å². The highest BCUT2D eigenvalue weighted by atomic mass is 19.1. The Morgan fingerprint density at radius 2 is 2.15 bits per heavy atom. The first kappa shape index (κ1) is 14.9. The normalized spacial score (nSPS) is 17.1. The van der Waals surface area contributed by atoms with Crippen molar-refractivity contribution in [2.24, 2.45) is 11.7 Å². The summed E-state index contributed by atoms with van der Waals surface area (Å²) >= 11 is 0. The third kappa shape index (κ3) is 3.55. The van der Waals surface area contributed by atoms with Gasteiger partial charge in [-0.15, -0.1) is 0 Å². The molecule has 1 unspecified atom stereocenters. The van der Waals surface area contributed by atoms with Crippen LogP contribution in [0.5, 0.6) is 0 Å². The molecule has 2 N–H and O–H groups in total. The van der Waals surface area contributed by atoms with Crippen molar-refractivity contribution in [2.75, 3.05) is 32.8 Å². The quantitative estimate of drug-likeness (QED) is 0.899. The van der Waals surface area contributed by atoms with Gasteiger partial charge < -0.3 is 15.4 Å². The largest absolute Gasteiger partial charge is 0.378 e. The van der Waals surface area contributed by atoms with Gasteiger partial charge in [0, 0.05) is 19.6 Å². The van der Waals surface area contributed by atoms with E-state index in [4.69, 9.17) is 10.5 Å². The SMILES string of the molecule is Cc1cc(F)ccc1CC(CN)C(=O)N1CCOCC1. The van der Waals surface area contributed by atoms with E-state index in [1.807, 2.05) is 6.92 Å². The minimum absolute atomic E-state index is 0.0690. The Hall–Kier alpha value is -1.46. The van der Waals surface area contributed by atoms with E-state index in [9.17, 15) is 9.18 Å². The summed E-state index contributed by atoms with van der Waals surface area (Å²) in [6.07, 6.45) is 0.554.